The Balaban J connectivity index is 2.10. The van der Waals surface area contributed by atoms with Gasteiger partial charge in [0.2, 0.25) is 5.91 Å². The highest BCUT2D eigenvalue weighted by atomic mass is 32.2. The second-order valence-corrected chi connectivity index (χ2v) is 6.75. The molecule has 0 spiro atoms. The number of nitrogens with zero attached hydrogens (tertiary/aromatic N) is 1. The molecule has 0 radical (unpaired) electrons. The summed E-state index contributed by atoms with van der Waals surface area (Å²) in [5, 5.41) is 8.77. The van der Waals surface area contributed by atoms with Crippen LogP contribution in [0, 0.1) is 0 Å². The minimum Gasteiger partial charge on any atom is -0.348 e. The van der Waals surface area contributed by atoms with E-state index >= 15 is 0 Å². The van der Waals surface area contributed by atoms with E-state index in [1.807, 2.05) is 0 Å². The molecule has 2 aromatic rings. The van der Waals surface area contributed by atoms with Gasteiger partial charge in [-0.2, -0.15) is 22.7 Å². The van der Waals surface area contributed by atoms with E-state index in [9.17, 15) is 4.79 Å². The number of carbonyl (C=O) groups is 1. The molecule has 2 aromatic heterocycles. The molecular weight excluding hydrogens is 282 g/mol. The first kappa shape index (κ1) is 13.6. The fraction of sp³-hybridized carbons (Fsp3) is 0.308. The van der Waals surface area contributed by atoms with Crippen LogP contribution in [0.5, 0.6) is 0 Å². The molecule has 0 aliphatic carbocycles. The van der Waals surface area contributed by atoms with Crippen LogP contribution in [0.3, 0.4) is 0 Å². The van der Waals surface area contributed by atoms with Crippen molar-refractivity contribution < 1.29 is 4.79 Å². The fourth-order valence-electron chi connectivity index (χ4n) is 1.52. The number of carbonyl (C=O) groups excluding carboxylic acids is 1. The molecule has 0 saturated heterocycles. The molecule has 0 bridgehead atoms. The zero-order valence-electron chi connectivity index (χ0n) is 10.3. The van der Waals surface area contributed by atoms with Crippen molar-refractivity contribution >= 4 is 40.3 Å². The molecule has 0 unspecified atom stereocenters. The third kappa shape index (κ3) is 3.37. The summed E-state index contributed by atoms with van der Waals surface area (Å²) < 4.78 is 0. The molecule has 0 N–H and O–H groups in total. The maximum atomic E-state index is 11.7. The van der Waals surface area contributed by atoms with Gasteiger partial charge in [0, 0.05) is 14.1 Å². The van der Waals surface area contributed by atoms with Gasteiger partial charge in [-0.05, 0) is 44.8 Å². The predicted molar refractivity (Wildman–Crippen MR) is 81.6 cm³/mol. The van der Waals surface area contributed by atoms with Gasteiger partial charge < -0.3 is 4.90 Å². The Morgan fingerprint density at radius 2 is 1.78 bits per heavy atom. The van der Waals surface area contributed by atoms with Crippen LogP contribution in [-0.2, 0) is 4.79 Å². The van der Waals surface area contributed by atoms with E-state index in [2.05, 4.69) is 33.7 Å². The molecular formula is C13H15NOS3. The maximum absolute atomic E-state index is 11.7. The molecule has 2 nitrogen and oxygen atoms in total. The summed E-state index contributed by atoms with van der Waals surface area (Å²) in [4.78, 5) is 13.3. The molecule has 5 heteroatoms. The smallest absolute Gasteiger partial charge is 0.232 e. The molecule has 2 heterocycles. The van der Waals surface area contributed by atoms with Crippen LogP contribution < -0.4 is 0 Å². The van der Waals surface area contributed by atoms with Crippen molar-refractivity contribution in [3.05, 3.63) is 44.8 Å². The quantitative estimate of drug-likeness (QED) is 0.838. The van der Waals surface area contributed by atoms with Gasteiger partial charge in [0.05, 0.1) is 11.0 Å². The molecule has 18 heavy (non-hydrogen) atoms. The topological polar surface area (TPSA) is 20.3 Å². The molecule has 0 aliphatic heterocycles. The fourth-order valence-corrected chi connectivity index (χ4v) is 4.31. The average Bonchev–Trinajstić information content (AvgIpc) is 3.01. The number of rotatable bonds is 5. The summed E-state index contributed by atoms with van der Waals surface area (Å²) in [6, 6.07) is 4.28. The van der Waals surface area contributed by atoms with Crippen LogP contribution >= 0.6 is 34.4 Å². The normalized spacial score (nSPS) is 10.8. The Morgan fingerprint density at radius 3 is 2.17 bits per heavy atom. The molecule has 0 atom stereocenters. The third-order valence-electron chi connectivity index (χ3n) is 2.56. The number of amides is 1. The lowest BCUT2D eigenvalue weighted by atomic mass is 10.1. The highest BCUT2D eigenvalue weighted by molar-refractivity contribution is 8.00. The first-order valence-corrected chi connectivity index (χ1v) is 8.48. The molecule has 1 amide bonds. The summed E-state index contributed by atoms with van der Waals surface area (Å²) in [7, 11) is 3.60. The van der Waals surface area contributed by atoms with Crippen LogP contribution in [-0.4, -0.2) is 30.7 Å². The lowest BCUT2D eigenvalue weighted by Crippen LogP contribution is -2.23. The van der Waals surface area contributed by atoms with Crippen LogP contribution in [0.1, 0.15) is 16.4 Å². The maximum Gasteiger partial charge on any atom is 0.232 e. The summed E-state index contributed by atoms with van der Waals surface area (Å²) in [5.41, 5.74) is 2.57. The van der Waals surface area contributed by atoms with Crippen molar-refractivity contribution in [3.63, 3.8) is 0 Å². The minimum absolute atomic E-state index is 0.162. The lowest BCUT2D eigenvalue weighted by Gasteiger charge is -2.16. The highest BCUT2D eigenvalue weighted by Gasteiger charge is 2.17. The predicted octanol–water partition coefficient (Wildman–Crippen LogP) is 3.72. The molecule has 0 aliphatic rings. The van der Waals surface area contributed by atoms with Crippen molar-refractivity contribution in [2.75, 3.05) is 19.8 Å². The van der Waals surface area contributed by atoms with E-state index in [0.29, 0.717) is 5.75 Å². The Bertz CT molecular complexity index is 442. The summed E-state index contributed by atoms with van der Waals surface area (Å²) in [6.45, 7) is 0. The highest BCUT2D eigenvalue weighted by Crippen LogP contribution is 2.37. The molecule has 0 fully saturated rings. The van der Waals surface area contributed by atoms with E-state index in [1.165, 1.54) is 11.1 Å². The van der Waals surface area contributed by atoms with E-state index in [0.717, 1.165) is 0 Å². The van der Waals surface area contributed by atoms with Gasteiger partial charge >= 0.3 is 0 Å². The lowest BCUT2D eigenvalue weighted by molar-refractivity contribution is -0.125. The van der Waals surface area contributed by atoms with Crippen molar-refractivity contribution in [2.45, 2.75) is 5.25 Å². The van der Waals surface area contributed by atoms with Crippen molar-refractivity contribution in [3.8, 4) is 0 Å². The van der Waals surface area contributed by atoms with E-state index in [1.54, 1.807) is 53.4 Å². The van der Waals surface area contributed by atoms with Gasteiger partial charge in [-0.3, -0.25) is 4.79 Å². The Hall–Kier alpha value is -0.780. The van der Waals surface area contributed by atoms with Crippen LogP contribution in [0.15, 0.2) is 33.7 Å². The SMILES string of the molecule is CN(C)C(=O)CSC(c1ccsc1)c1ccsc1. The molecule has 2 rings (SSSR count). The monoisotopic (exact) mass is 297 g/mol. The number of thioether (sulfide) groups is 1. The van der Waals surface area contributed by atoms with Crippen LogP contribution in [0.25, 0.3) is 0 Å². The van der Waals surface area contributed by atoms with Gasteiger partial charge in [-0.1, -0.05) is 0 Å². The van der Waals surface area contributed by atoms with Gasteiger partial charge in [0.15, 0.2) is 0 Å². The standard InChI is InChI=1S/C13H15NOS3/c1-14(2)12(15)9-18-13(10-3-5-16-7-10)11-4-6-17-8-11/h3-8,13H,9H2,1-2H3. The summed E-state index contributed by atoms with van der Waals surface area (Å²) in [6.07, 6.45) is 0. The van der Waals surface area contributed by atoms with Crippen molar-refractivity contribution in [1.29, 1.82) is 0 Å². The zero-order valence-corrected chi connectivity index (χ0v) is 12.8. The van der Waals surface area contributed by atoms with Gasteiger partial charge in [0.1, 0.15) is 0 Å². The van der Waals surface area contributed by atoms with Gasteiger partial charge in [-0.25, -0.2) is 0 Å². The van der Waals surface area contributed by atoms with E-state index < -0.39 is 0 Å². The van der Waals surface area contributed by atoms with E-state index in [4.69, 9.17) is 0 Å². The first-order chi connectivity index (χ1) is 8.68. The second kappa shape index (κ2) is 6.41. The number of hydrogen-bond donors (Lipinski definition) is 0. The first-order valence-electron chi connectivity index (χ1n) is 5.54. The van der Waals surface area contributed by atoms with Crippen LogP contribution in [0.4, 0.5) is 0 Å². The number of thiophene rings is 2. The second-order valence-electron chi connectivity index (χ2n) is 4.09. The summed E-state index contributed by atoms with van der Waals surface area (Å²) in [5.74, 6) is 0.680. The third-order valence-corrected chi connectivity index (χ3v) is 5.26. The van der Waals surface area contributed by atoms with Gasteiger partial charge in [-0.15, -0.1) is 11.8 Å². The van der Waals surface area contributed by atoms with Crippen molar-refractivity contribution in [1.82, 2.24) is 4.90 Å². The minimum atomic E-state index is 0.162. The number of hydrogen-bond acceptors (Lipinski definition) is 4. The Morgan fingerprint density at radius 1 is 1.22 bits per heavy atom. The largest absolute Gasteiger partial charge is 0.348 e. The zero-order chi connectivity index (χ0) is 13.0. The Labute approximate surface area is 120 Å². The van der Waals surface area contributed by atoms with Crippen LogP contribution in [0.2, 0.25) is 0 Å². The van der Waals surface area contributed by atoms with E-state index in [-0.39, 0.29) is 11.2 Å². The molecule has 0 aromatic carbocycles. The van der Waals surface area contributed by atoms with Crippen molar-refractivity contribution in [2.24, 2.45) is 0 Å². The average molecular weight is 297 g/mol. The Kier molecular flexibility index (Phi) is 4.86. The van der Waals surface area contributed by atoms with Gasteiger partial charge in [0.25, 0.3) is 0 Å². The molecule has 96 valence electrons. The molecule has 0 saturated carbocycles. The summed E-state index contributed by atoms with van der Waals surface area (Å²) >= 11 is 5.10.